The summed E-state index contributed by atoms with van der Waals surface area (Å²) < 4.78 is 0. The monoisotopic (exact) mass is 297 g/mol. The molecule has 2 aromatic rings. The van der Waals surface area contributed by atoms with E-state index in [0.717, 1.165) is 29.2 Å². The summed E-state index contributed by atoms with van der Waals surface area (Å²) in [6.45, 7) is 0. The van der Waals surface area contributed by atoms with Crippen molar-refractivity contribution in [2.75, 3.05) is 0 Å². The molecule has 0 aliphatic heterocycles. The molecule has 0 saturated heterocycles. The number of rotatable bonds is 4. The van der Waals surface area contributed by atoms with Gasteiger partial charge in [0, 0.05) is 12.0 Å². The van der Waals surface area contributed by atoms with Gasteiger partial charge in [-0.2, -0.15) is 0 Å². The van der Waals surface area contributed by atoms with Crippen LogP contribution in [0.25, 0.3) is 10.8 Å². The van der Waals surface area contributed by atoms with Crippen molar-refractivity contribution >= 4 is 16.7 Å². The first kappa shape index (κ1) is 14.9. The molecule has 3 N–H and O–H groups in total. The van der Waals surface area contributed by atoms with Crippen LogP contribution in [0.2, 0.25) is 0 Å². The van der Waals surface area contributed by atoms with Crippen molar-refractivity contribution in [1.29, 1.82) is 0 Å². The summed E-state index contributed by atoms with van der Waals surface area (Å²) in [6, 6.07) is 11.7. The number of phenolic OH excluding ortho intramolecular Hbond substituents is 1. The van der Waals surface area contributed by atoms with E-state index in [1.165, 1.54) is 19.3 Å². The Morgan fingerprint density at radius 3 is 2.59 bits per heavy atom. The van der Waals surface area contributed by atoms with Crippen molar-refractivity contribution in [2.24, 2.45) is 11.7 Å². The second-order valence-electron chi connectivity index (χ2n) is 6.39. The third-order valence-electron chi connectivity index (χ3n) is 4.96. The third kappa shape index (κ3) is 2.94. The molecule has 0 aromatic heterocycles. The van der Waals surface area contributed by atoms with Crippen LogP contribution >= 0.6 is 0 Å². The second kappa shape index (κ2) is 6.39. The minimum atomic E-state index is -0.289. The number of primary amides is 1. The molecule has 3 rings (SSSR count). The van der Waals surface area contributed by atoms with E-state index in [1.54, 1.807) is 6.07 Å². The summed E-state index contributed by atoms with van der Waals surface area (Å²) in [4.78, 5) is 11.6. The highest BCUT2D eigenvalue weighted by molar-refractivity contribution is 5.89. The Hall–Kier alpha value is -2.03. The van der Waals surface area contributed by atoms with Gasteiger partial charge in [0.15, 0.2) is 0 Å². The first-order valence-corrected chi connectivity index (χ1v) is 8.15. The van der Waals surface area contributed by atoms with Gasteiger partial charge in [-0.25, -0.2) is 0 Å². The van der Waals surface area contributed by atoms with Crippen LogP contribution in [0.15, 0.2) is 36.4 Å². The van der Waals surface area contributed by atoms with Crippen LogP contribution in [0.3, 0.4) is 0 Å². The van der Waals surface area contributed by atoms with Crippen molar-refractivity contribution in [2.45, 2.75) is 44.4 Å². The number of hydrogen-bond acceptors (Lipinski definition) is 2. The lowest BCUT2D eigenvalue weighted by Gasteiger charge is -2.31. The van der Waals surface area contributed by atoms with E-state index >= 15 is 0 Å². The number of phenols is 1. The van der Waals surface area contributed by atoms with Gasteiger partial charge in [0.05, 0.1) is 0 Å². The number of carbonyl (C=O) groups is 1. The summed E-state index contributed by atoms with van der Waals surface area (Å²) in [5, 5.41) is 12.6. The van der Waals surface area contributed by atoms with Crippen molar-refractivity contribution in [3.05, 3.63) is 42.0 Å². The molecule has 0 radical (unpaired) electrons. The molecule has 3 nitrogen and oxygen atoms in total. The first-order valence-electron chi connectivity index (χ1n) is 8.15. The first-order chi connectivity index (χ1) is 10.7. The van der Waals surface area contributed by atoms with Crippen LogP contribution in [-0.4, -0.2) is 11.0 Å². The average Bonchev–Trinajstić information content (AvgIpc) is 2.54. The predicted molar refractivity (Wildman–Crippen MR) is 88.7 cm³/mol. The fourth-order valence-corrected chi connectivity index (χ4v) is 3.93. The van der Waals surface area contributed by atoms with Crippen LogP contribution < -0.4 is 5.73 Å². The van der Waals surface area contributed by atoms with Gasteiger partial charge in [0.25, 0.3) is 0 Å². The Morgan fingerprint density at radius 1 is 1.14 bits per heavy atom. The normalized spacial score (nSPS) is 17.5. The molecule has 0 bridgehead atoms. The van der Waals surface area contributed by atoms with E-state index < -0.39 is 0 Å². The highest BCUT2D eigenvalue weighted by Crippen LogP contribution is 2.44. The van der Waals surface area contributed by atoms with E-state index in [-0.39, 0.29) is 17.6 Å². The zero-order valence-corrected chi connectivity index (χ0v) is 12.8. The molecule has 1 atom stereocenters. The van der Waals surface area contributed by atoms with E-state index in [1.807, 2.05) is 30.3 Å². The quantitative estimate of drug-likeness (QED) is 0.893. The van der Waals surface area contributed by atoms with Gasteiger partial charge in [-0.3, -0.25) is 4.79 Å². The van der Waals surface area contributed by atoms with E-state index in [9.17, 15) is 9.90 Å². The van der Waals surface area contributed by atoms with Crippen molar-refractivity contribution in [1.82, 2.24) is 0 Å². The molecule has 2 aromatic carbocycles. The van der Waals surface area contributed by atoms with Gasteiger partial charge in [-0.15, -0.1) is 0 Å². The molecular formula is C19H23NO2. The van der Waals surface area contributed by atoms with Crippen LogP contribution in [-0.2, 0) is 4.79 Å². The number of nitrogens with two attached hydrogens (primary N) is 1. The topological polar surface area (TPSA) is 63.3 Å². The van der Waals surface area contributed by atoms with Gasteiger partial charge in [-0.1, -0.05) is 49.6 Å². The summed E-state index contributed by atoms with van der Waals surface area (Å²) in [5.41, 5.74) is 6.42. The molecule has 0 heterocycles. The molecule has 116 valence electrons. The number of hydrogen-bond donors (Lipinski definition) is 2. The highest BCUT2D eigenvalue weighted by Gasteiger charge is 2.29. The molecule has 1 unspecified atom stereocenters. The Bertz CT molecular complexity index is 674. The van der Waals surface area contributed by atoms with Gasteiger partial charge in [0.2, 0.25) is 5.91 Å². The van der Waals surface area contributed by atoms with Crippen molar-refractivity contribution < 1.29 is 9.90 Å². The fraction of sp³-hybridized carbons (Fsp3) is 0.421. The van der Waals surface area contributed by atoms with Crippen LogP contribution in [0, 0.1) is 5.92 Å². The van der Waals surface area contributed by atoms with Crippen LogP contribution in [0.4, 0.5) is 0 Å². The van der Waals surface area contributed by atoms with Crippen molar-refractivity contribution in [3.63, 3.8) is 0 Å². The van der Waals surface area contributed by atoms with E-state index in [0.29, 0.717) is 12.3 Å². The van der Waals surface area contributed by atoms with Gasteiger partial charge < -0.3 is 10.8 Å². The highest BCUT2D eigenvalue weighted by atomic mass is 16.3. The summed E-state index contributed by atoms with van der Waals surface area (Å²) in [5.74, 6) is 0.445. The Labute approximate surface area is 131 Å². The average molecular weight is 297 g/mol. The molecule has 1 saturated carbocycles. The minimum absolute atomic E-state index is 0.0175. The summed E-state index contributed by atoms with van der Waals surface area (Å²) in [6.07, 6.45) is 6.20. The van der Waals surface area contributed by atoms with Crippen molar-refractivity contribution in [3.8, 4) is 5.75 Å². The Morgan fingerprint density at radius 2 is 1.86 bits per heavy atom. The third-order valence-corrected chi connectivity index (χ3v) is 4.96. The molecule has 22 heavy (non-hydrogen) atoms. The maximum Gasteiger partial charge on any atom is 0.218 e. The van der Waals surface area contributed by atoms with Gasteiger partial charge in [-0.05, 0) is 41.5 Å². The van der Waals surface area contributed by atoms with E-state index in [4.69, 9.17) is 5.73 Å². The Kier molecular flexibility index (Phi) is 4.32. The molecule has 3 heteroatoms. The molecular weight excluding hydrogens is 274 g/mol. The smallest absolute Gasteiger partial charge is 0.218 e. The molecule has 1 amide bonds. The van der Waals surface area contributed by atoms with E-state index in [2.05, 4.69) is 0 Å². The maximum atomic E-state index is 11.6. The number of carbonyl (C=O) groups excluding carboxylic acids is 1. The fourth-order valence-electron chi connectivity index (χ4n) is 3.93. The second-order valence-corrected chi connectivity index (χ2v) is 6.39. The lowest BCUT2D eigenvalue weighted by Crippen LogP contribution is -2.23. The zero-order chi connectivity index (χ0) is 15.5. The maximum absolute atomic E-state index is 11.6. The van der Waals surface area contributed by atoms with Gasteiger partial charge >= 0.3 is 0 Å². The number of fused-ring (bicyclic) bond motifs is 1. The lowest BCUT2D eigenvalue weighted by atomic mass is 9.74. The standard InChI is InChI=1S/C19H23NO2/c20-18(22)12-16(13-6-2-1-3-7-13)19-15-9-5-4-8-14(15)10-11-17(19)21/h4-5,8-11,13,16,21H,1-3,6-7,12H2,(H2,20,22). The van der Waals surface area contributed by atoms with Gasteiger partial charge in [0.1, 0.15) is 5.75 Å². The molecule has 1 fully saturated rings. The summed E-state index contributed by atoms with van der Waals surface area (Å²) in [7, 11) is 0. The number of amides is 1. The predicted octanol–water partition coefficient (Wildman–Crippen LogP) is 4.08. The van der Waals surface area contributed by atoms with Crippen LogP contribution in [0.5, 0.6) is 5.75 Å². The SMILES string of the molecule is NC(=O)CC(c1c(O)ccc2ccccc12)C1CCCCC1. The number of benzene rings is 2. The Balaban J connectivity index is 2.10. The molecule has 1 aliphatic carbocycles. The minimum Gasteiger partial charge on any atom is -0.508 e. The zero-order valence-electron chi connectivity index (χ0n) is 12.8. The lowest BCUT2D eigenvalue weighted by molar-refractivity contribution is -0.118. The molecule has 0 spiro atoms. The van der Waals surface area contributed by atoms with Crippen LogP contribution in [0.1, 0.15) is 50.0 Å². The summed E-state index contributed by atoms with van der Waals surface area (Å²) >= 11 is 0. The molecule has 1 aliphatic rings. The largest absolute Gasteiger partial charge is 0.508 e. The number of aromatic hydroxyl groups is 1.